The van der Waals surface area contributed by atoms with Crippen molar-refractivity contribution in [2.24, 2.45) is 0 Å². The molecule has 2 fully saturated rings. The number of nitrogens with one attached hydrogen (secondary N) is 1. The summed E-state index contributed by atoms with van der Waals surface area (Å²) in [5.74, 6) is 1.96. The summed E-state index contributed by atoms with van der Waals surface area (Å²) in [6.45, 7) is 2.74. The average Bonchev–Trinajstić information content (AvgIpc) is 3.23. The summed E-state index contributed by atoms with van der Waals surface area (Å²) in [7, 11) is 0. The number of hydrogen-bond donors (Lipinski definition) is 1. The van der Waals surface area contributed by atoms with Crippen LogP contribution < -0.4 is 9.80 Å². The average molecular weight is 374 g/mol. The molecule has 0 radical (unpaired) electrons. The number of H-pyrrole nitrogens is 1. The summed E-state index contributed by atoms with van der Waals surface area (Å²) in [4.78, 5) is 9.26. The Morgan fingerprint density at radius 3 is 2.72 bits per heavy atom. The highest BCUT2D eigenvalue weighted by atomic mass is 35.5. The summed E-state index contributed by atoms with van der Waals surface area (Å²) < 4.78 is 0. The van der Waals surface area contributed by atoms with Crippen LogP contribution in [0.1, 0.15) is 12.8 Å². The van der Waals surface area contributed by atoms with Crippen molar-refractivity contribution in [1.29, 1.82) is 0 Å². The molecule has 0 unspecified atom stereocenters. The molecule has 0 atom stereocenters. The SMILES string of the molecule is Clc1ccc(N2CCN(c3n[nH]c4cccc(Cl)c34)C3(CC3)C2)nc1. The molecule has 3 heterocycles. The number of pyridine rings is 1. The molecule has 128 valence electrons. The third-order valence-electron chi connectivity index (χ3n) is 5.29. The third kappa shape index (κ3) is 2.45. The van der Waals surface area contributed by atoms with E-state index in [4.69, 9.17) is 23.2 Å². The minimum atomic E-state index is 0.126. The Hall–Kier alpha value is -1.98. The topological polar surface area (TPSA) is 48.0 Å². The zero-order valence-corrected chi connectivity index (χ0v) is 15.1. The van der Waals surface area contributed by atoms with Crippen molar-refractivity contribution in [1.82, 2.24) is 15.2 Å². The summed E-state index contributed by atoms with van der Waals surface area (Å²) in [6.07, 6.45) is 4.04. The minimum Gasteiger partial charge on any atom is -0.352 e. The summed E-state index contributed by atoms with van der Waals surface area (Å²) in [5, 5.41) is 10.2. The molecule has 2 aliphatic rings. The van der Waals surface area contributed by atoms with Gasteiger partial charge in [0.15, 0.2) is 5.82 Å². The van der Waals surface area contributed by atoms with Gasteiger partial charge in [0.05, 0.1) is 26.5 Å². The zero-order valence-electron chi connectivity index (χ0n) is 13.5. The van der Waals surface area contributed by atoms with Crippen LogP contribution in [0.15, 0.2) is 36.5 Å². The predicted octanol–water partition coefficient (Wildman–Crippen LogP) is 4.12. The van der Waals surface area contributed by atoms with Gasteiger partial charge in [-0.2, -0.15) is 5.10 Å². The Labute approximate surface area is 155 Å². The van der Waals surface area contributed by atoms with E-state index in [0.29, 0.717) is 5.02 Å². The van der Waals surface area contributed by atoms with Crippen LogP contribution in [0.5, 0.6) is 0 Å². The molecule has 0 amide bonds. The molecule has 1 aliphatic carbocycles. The Balaban J connectivity index is 1.48. The van der Waals surface area contributed by atoms with Gasteiger partial charge in [0.2, 0.25) is 0 Å². The van der Waals surface area contributed by atoms with Crippen molar-refractivity contribution in [3.8, 4) is 0 Å². The van der Waals surface area contributed by atoms with Gasteiger partial charge in [-0.1, -0.05) is 29.3 Å². The van der Waals surface area contributed by atoms with Gasteiger partial charge >= 0.3 is 0 Å². The molecule has 0 bridgehead atoms. The summed E-state index contributed by atoms with van der Waals surface area (Å²) in [6, 6.07) is 9.79. The smallest absolute Gasteiger partial charge is 0.160 e. The molecule has 1 saturated heterocycles. The van der Waals surface area contributed by atoms with Crippen LogP contribution in [-0.4, -0.2) is 40.4 Å². The maximum atomic E-state index is 6.46. The molecule has 2 aromatic heterocycles. The summed E-state index contributed by atoms with van der Waals surface area (Å²) >= 11 is 12.4. The molecule has 5 nitrogen and oxygen atoms in total. The molecule has 3 aromatic rings. The summed E-state index contributed by atoms with van der Waals surface area (Å²) in [5.41, 5.74) is 1.11. The first-order chi connectivity index (χ1) is 12.2. The van der Waals surface area contributed by atoms with Gasteiger partial charge < -0.3 is 9.80 Å². The fourth-order valence-electron chi connectivity index (χ4n) is 3.84. The second-order valence-electron chi connectivity index (χ2n) is 6.84. The molecular formula is C18H17Cl2N5. The van der Waals surface area contributed by atoms with Gasteiger partial charge in [0, 0.05) is 25.8 Å². The van der Waals surface area contributed by atoms with Crippen LogP contribution in [0.25, 0.3) is 10.9 Å². The van der Waals surface area contributed by atoms with Crippen LogP contribution >= 0.6 is 23.2 Å². The van der Waals surface area contributed by atoms with Crippen LogP contribution in [0.4, 0.5) is 11.6 Å². The van der Waals surface area contributed by atoms with Crippen molar-refractivity contribution >= 4 is 45.7 Å². The fraction of sp³-hybridized carbons (Fsp3) is 0.333. The van der Waals surface area contributed by atoms with E-state index in [-0.39, 0.29) is 5.54 Å². The van der Waals surface area contributed by atoms with E-state index >= 15 is 0 Å². The van der Waals surface area contributed by atoms with Crippen LogP contribution in [0.2, 0.25) is 10.0 Å². The van der Waals surface area contributed by atoms with Gasteiger partial charge in [-0.05, 0) is 37.1 Å². The maximum absolute atomic E-state index is 6.46. The van der Waals surface area contributed by atoms with Crippen molar-refractivity contribution in [2.45, 2.75) is 18.4 Å². The molecule has 25 heavy (non-hydrogen) atoms. The molecule has 5 rings (SSSR count). The number of rotatable bonds is 2. The van der Waals surface area contributed by atoms with Crippen LogP contribution in [0, 0.1) is 0 Å². The quantitative estimate of drug-likeness (QED) is 0.733. The first kappa shape index (κ1) is 15.3. The van der Waals surface area contributed by atoms with Crippen molar-refractivity contribution in [3.05, 3.63) is 46.6 Å². The molecule has 1 aliphatic heterocycles. The van der Waals surface area contributed by atoms with E-state index in [1.54, 1.807) is 6.20 Å². The van der Waals surface area contributed by atoms with E-state index in [0.717, 1.165) is 60.0 Å². The standard InChI is InChI=1S/C18H17Cl2N5/c19-12-4-5-15(21-10-12)24-8-9-25(18(11-24)6-7-18)17-16-13(20)2-1-3-14(16)22-23-17/h1-5,10H,6-9,11H2,(H,22,23). The molecule has 1 spiro atoms. The predicted molar refractivity (Wildman–Crippen MR) is 102 cm³/mol. The lowest BCUT2D eigenvalue weighted by Crippen LogP contribution is -2.55. The Morgan fingerprint density at radius 1 is 1.08 bits per heavy atom. The molecular weight excluding hydrogens is 357 g/mol. The van der Waals surface area contributed by atoms with Crippen molar-refractivity contribution in [2.75, 3.05) is 29.4 Å². The number of nitrogens with zero attached hydrogens (tertiary/aromatic N) is 4. The maximum Gasteiger partial charge on any atom is 0.160 e. The number of halogens is 2. The van der Waals surface area contributed by atoms with E-state index in [9.17, 15) is 0 Å². The monoisotopic (exact) mass is 373 g/mol. The lowest BCUT2D eigenvalue weighted by Gasteiger charge is -2.43. The number of fused-ring (bicyclic) bond motifs is 1. The number of aromatic amines is 1. The van der Waals surface area contributed by atoms with Crippen molar-refractivity contribution in [3.63, 3.8) is 0 Å². The number of piperazine rings is 1. The highest BCUT2D eigenvalue weighted by Gasteiger charge is 2.52. The van der Waals surface area contributed by atoms with E-state index in [2.05, 4.69) is 25.0 Å². The van der Waals surface area contributed by atoms with E-state index in [1.807, 2.05) is 30.3 Å². The number of benzene rings is 1. The van der Waals surface area contributed by atoms with E-state index < -0.39 is 0 Å². The first-order valence-electron chi connectivity index (χ1n) is 8.43. The van der Waals surface area contributed by atoms with Gasteiger partial charge in [-0.15, -0.1) is 0 Å². The van der Waals surface area contributed by atoms with E-state index in [1.165, 1.54) is 0 Å². The Kier molecular flexibility index (Phi) is 3.37. The highest BCUT2D eigenvalue weighted by molar-refractivity contribution is 6.36. The van der Waals surface area contributed by atoms with Crippen molar-refractivity contribution < 1.29 is 0 Å². The largest absolute Gasteiger partial charge is 0.352 e. The fourth-order valence-corrected chi connectivity index (χ4v) is 4.21. The third-order valence-corrected chi connectivity index (χ3v) is 5.83. The lowest BCUT2D eigenvalue weighted by molar-refractivity contribution is 0.503. The zero-order chi connectivity index (χ0) is 17.0. The molecule has 1 saturated carbocycles. The Morgan fingerprint density at radius 2 is 1.96 bits per heavy atom. The van der Waals surface area contributed by atoms with Gasteiger partial charge in [-0.3, -0.25) is 5.10 Å². The normalized spacial score (nSPS) is 19.0. The molecule has 1 aromatic carbocycles. The second kappa shape index (κ2) is 5.51. The van der Waals surface area contributed by atoms with Gasteiger partial charge in [0.25, 0.3) is 0 Å². The van der Waals surface area contributed by atoms with Gasteiger partial charge in [-0.25, -0.2) is 4.98 Å². The second-order valence-corrected chi connectivity index (χ2v) is 7.69. The number of anilines is 2. The van der Waals surface area contributed by atoms with Gasteiger partial charge in [0.1, 0.15) is 5.82 Å². The minimum absolute atomic E-state index is 0.126. The Bertz CT molecular complexity index is 932. The molecule has 1 N–H and O–H groups in total. The van der Waals surface area contributed by atoms with Crippen LogP contribution in [-0.2, 0) is 0 Å². The number of aromatic nitrogens is 3. The van der Waals surface area contributed by atoms with Crippen LogP contribution in [0.3, 0.4) is 0 Å². The number of hydrogen-bond acceptors (Lipinski definition) is 4. The first-order valence-corrected chi connectivity index (χ1v) is 9.19. The molecule has 7 heteroatoms. The highest BCUT2D eigenvalue weighted by Crippen LogP contribution is 2.48. The lowest BCUT2D eigenvalue weighted by atomic mass is 10.1.